The molecule has 0 aliphatic heterocycles. The fraction of sp³-hybridized carbons (Fsp3) is 1.00. The molecule has 0 radical (unpaired) electrons. The second-order valence-electron chi connectivity index (χ2n) is 11.0. The number of hydroxylamine groups is 2. The predicted molar refractivity (Wildman–Crippen MR) is 170 cm³/mol. The third-order valence-corrected chi connectivity index (χ3v) is 10.00. The summed E-state index contributed by atoms with van der Waals surface area (Å²) in [6.45, 7) is 9.10. The Morgan fingerprint density at radius 3 is 0.972 bits per heavy atom. The molecule has 2 nitrogen and oxygen atoms in total. The van der Waals surface area contributed by atoms with Gasteiger partial charge in [-0.15, -0.1) is 23.5 Å². The number of thioether (sulfide) groups is 2. The lowest BCUT2D eigenvalue weighted by Gasteiger charge is -2.32. The highest BCUT2D eigenvalue weighted by atomic mass is 32.2. The van der Waals surface area contributed by atoms with Gasteiger partial charge < -0.3 is 5.21 Å². The first kappa shape index (κ1) is 36.6. The molecule has 0 aliphatic carbocycles. The van der Waals surface area contributed by atoms with E-state index in [4.69, 9.17) is 0 Å². The number of hydrogen-bond acceptors (Lipinski definition) is 4. The molecule has 0 aromatic heterocycles. The quantitative estimate of drug-likeness (QED) is 0.0550. The van der Waals surface area contributed by atoms with E-state index in [1.807, 2.05) is 23.5 Å². The summed E-state index contributed by atoms with van der Waals surface area (Å²) in [6.07, 6.45) is 32.4. The molecule has 36 heavy (non-hydrogen) atoms. The molecular formula is C32H67NOS2. The summed E-state index contributed by atoms with van der Waals surface area (Å²) >= 11 is 4.02. The maximum Gasteiger partial charge on any atom is 0.0815 e. The van der Waals surface area contributed by atoms with Crippen LogP contribution in [-0.4, -0.2) is 32.5 Å². The van der Waals surface area contributed by atoms with Gasteiger partial charge in [0.1, 0.15) is 0 Å². The van der Waals surface area contributed by atoms with Crippen molar-refractivity contribution < 1.29 is 5.21 Å². The molecule has 0 aromatic rings. The summed E-state index contributed by atoms with van der Waals surface area (Å²) in [4.78, 5) is 0. The van der Waals surface area contributed by atoms with E-state index in [0.717, 1.165) is 25.7 Å². The van der Waals surface area contributed by atoms with Gasteiger partial charge >= 0.3 is 0 Å². The maximum absolute atomic E-state index is 11.1. The lowest BCUT2D eigenvalue weighted by molar-refractivity contribution is -0.114. The Bertz CT molecular complexity index is 374. The normalized spacial score (nSPS) is 13.5. The molecule has 2 unspecified atom stereocenters. The molecule has 0 fully saturated rings. The summed E-state index contributed by atoms with van der Waals surface area (Å²) in [5.74, 6) is 2.39. The first-order valence-electron chi connectivity index (χ1n) is 16.4. The Balaban J connectivity index is 4.00. The van der Waals surface area contributed by atoms with E-state index < -0.39 is 0 Å². The van der Waals surface area contributed by atoms with Crippen LogP contribution in [0.4, 0.5) is 0 Å². The van der Waals surface area contributed by atoms with Gasteiger partial charge in [-0.3, -0.25) is 0 Å². The van der Waals surface area contributed by atoms with Crippen LogP contribution in [0.15, 0.2) is 0 Å². The van der Waals surface area contributed by atoms with Gasteiger partial charge in [0.25, 0.3) is 0 Å². The molecular weight excluding hydrogens is 478 g/mol. The van der Waals surface area contributed by atoms with E-state index in [-0.39, 0.29) is 10.7 Å². The molecule has 4 heteroatoms. The van der Waals surface area contributed by atoms with Crippen molar-refractivity contribution in [1.82, 2.24) is 5.06 Å². The number of unbranched alkanes of at least 4 members (excludes halogenated alkanes) is 18. The van der Waals surface area contributed by atoms with E-state index in [0.29, 0.717) is 0 Å². The van der Waals surface area contributed by atoms with Crippen molar-refractivity contribution >= 4 is 23.5 Å². The Labute approximate surface area is 237 Å². The molecule has 218 valence electrons. The molecule has 0 bridgehead atoms. The zero-order chi connectivity index (χ0) is 26.5. The third-order valence-electron chi connectivity index (χ3n) is 7.28. The van der Waals surface area contributed by atoms with Crippen molar-refractivity contribution in [3.05, 3.63) is 0 Å². The average molecular weight is 546 g/mol. The predicted octanol–water partition coefficient (Wildman–Crippen LogP) is 12.2. The van der Waals surface area contributed by atoms with Crippen LogP contribution in [0, 0.1) is 0 Å². The van der Waals surface area contributed by atoms with Crippen molar-refractivity contribution in [2.24, 2.45) is 0 Å². The molecule has 0 rings (SSSR count). The summed E-state index contributed by atoms with van der Waals surface area (Å²) in [7, 11) is 0. The van der Waals surface area contributed by atoms with Crippen molar-refractivity contribution in [3.63, 3.8) is 0 Å². The van der Waals surface area contributed by atoms with Gasteiger partial charge in [0.2, 0.25) is 0 Å². The van der Waals surface area contributed by atoms with E-state index in [9.17, 15) is 5.21 Å². The zero-order valence-corrected chi connectivity index (χ0v) is 26.9. The fourth-order valence-corrected chi connectivity index (χ4v) is 7.65. The largest absolute Gasteiger partial charge is 0.312 e. The highest BCUT2D eigenvalue weighted by Crippen LogP contribution is 2.30. The van der Waals surface area contributed by atoms with E-state index in [1.54, 1.807) is 5.06 Å². The third kappa shape index (κ3) is 23.7. The lowest BCUT2D eigenvalue weighted by atomic mass is 10.1. The van der Waals surface area contributed by atoms with Gasteiger partial charge in [0, 0.05) is 0 Å². The Morgan fingerprint density at radius 2 is 0.694 bits per heavy atom. The molecule has 0 saturated carbocycles. The highest BCUT2D eigenvalue weighted by molar-refractivity contribution is 8.00. The minimum Gasteiger partial charge on any atom is -0.312 e. The smallest absolute Gasteiger partial charge is 0.0815 e. The van der Waals surface area contributed by atoms with Gasteiger partial charge in [0.05, 0.1) is 10.7 Å². The van der Waals surface area contributed by atoms with Crippen LogP contribution in [-0.2, 0) is 0 Å². The van der Waals surface area contributed by atoms with Crippen molar-refractivity contribution in [3.8, 4) is 0 Å². The molecule has 2 atom stereocenters. The van der Waals surface area contributed by atoms with Gasteiger partial charge in [-0.2, -0.15) is 5.06 Å². The molecule has 0 spiro atoms. The Kier molecular flexibility index (Phi) is 30.7. The van der Waals surface area contributed by atoms with Gasteiger partial charge in [-0.25, -0.2) is 0 Å². The molecule has 0 amide bonds. The average Bonchev–Trinajstić information content (AvgIpc) is 2.88. The fourth-order valence-electron chi connectivity index (χ4n) is 4.88. The summed E-state index contributed by atoms with van der Waals surface area (Å²) in [5.41, 5.74) is 0. The summed E-state index contributed by atoms with van der Waals surface area (Å²) in [6, 6.07) is 0. The van der Waals surface area contributed by atoms with Gasteiger partial charge in [0.15, 0.2) is 0 Å². The molecule has 1 N–H and O–H groups in total. The monoisotopic (exact) mass is 545 g/mol. The van der Waals surface area contributed by atoms with Gasteiger partial charge in [-0.1, -0.05) is 156 Å². The highest BCUT2D eigenvalue weighted by Gasteiger charge is 2.24. The Morgan fingerprint density at radius 1 is 0.417 bits per heavy atom. The van der Waals surface area contributed by atoms with Crippen LogP contribution in [0.2, 0.25) is 0 Å². The first-order chi connectivity index (χ1) is 17.7. The standard InChI is InChI=1S/C32H67NOS2/c1-5-9-11-13-15-17-19-21-23-25-29-35-31(27-7-3)33(34)32(28-8-4)36-30-26-24-22-20-18-16-14-12-10-6-2/h31-32,34H,5-30H2,1-4H3. The van der Waals surface area contributed by atoms with Crippen LogP contribution < -0.4 is 0 Å². The van der Waals surface area contributed by atoms with E-state index in [2.05, 4.69) is 27.7 Å². The summed E-state index contributed by atoms with van der Waals surface area (Å²) < 4.78 is 0. The SMILES string of the molecule is CCCCCCCCCCCCSC(CCC)N(O)C(CCC)SCCCCCCCCCCCC. The molecule has 0 aliphatic rings. The van der Waals surface area contributed by atoms with Crippen LogP contribution >= 0.6 is 23.5 Å². The minimum absolute atomic E-state index is 0.269. The van der Waals surface area contributed by atoms with E-state index >= 15 is 0 Å². The van der Waals surface area contributed by atoms with Crippen molar-refractivity contribution in [2.45, 2.75) is 193 Å². The van der Waals surface area contributed by atoms with Crippen LogP contribution in [0.3, 0.4) is 0 Å². The van der Waals surface area contributed by atoms with Crippen LogP contribution in [0.5, 0.6) is 0 Å². The van der Waals surface area contributed by atoms with Crippen LogP contribution in [0.25, 0.3) is 0 Å². The lowest BCUT2D eigenvalue weighted by Crippen LogP contribution is -2.37. The summed E-state index contributed by atoms with van der Waals surface area (Å²) in [5, 5.41) is 13.4. The topological polar surface area (TPSA) is 23.5 Å². The number of hydrogen-bond donors (Lipinski definition) is 1. The second-order valence-corrected chi connectivity index (χ2v) is 13.5. The zero-order valence-electron chi connectivity index (χ0n) is 25.3. The maximum atomic E-state index is 11.1. The van der Waals surface area contributed by atoms with Gasteiger partial charge in [-0.05, 0) is 37.2 Å². The van der Waals surface area contributed by atoms with Crippen LogP contribution in [0.1, 0.15) is 182 Å². The number of rotatable bonds is 30. The van der Waals surface area contributed by atoms with E-state index in [1.165, 1.54) is 140 Å². The molecule has 0 heterocycles. The minimum atomic E-state index is 0.269. The molecule has 0 aromatic carbocycles. The van der Waals surface area contributed by atoms with Crippen molar-refractivity contribution in [2.75, 3.05) is 11.5 Å². The molecule has 0 saturated heterocycles. The van der Waals surface area contributed by atoms with Crippen molar-refractivity contribution in [1.29, 1.82) is 0 Å². The first-order valence-corrected chi connectivity index (χ1v) is 18.5. The number of nitrogens with zero attached hydrogens (tertiary/aromatic N) is 1. The second kappa shape index (κ2) is 30.2. The Hall–Kier alpha value is 0.620.